The summed E-state index contributed by atoms with van der Waals surface area (Å²) in [6.45, 7) is 3.26. The molecule has 0 fully saturated rings. The minimum Gasteiger partial charge on any atom is -0.326 e. The minimum atomic E-state index is -4.55. The Hall–Kier alpha value is -4.67. The van der Waals surface area contributed by atoms with Gasteiger partial charge in [0.2, 0.25) is 11.9 Å². The Kier molecular flexibility index (Phi) is 6.73. The van der Waals surface area contributed by atoms with Gasteiger partial charge >= 0.3 is 6.18 Å². The Morgan fingerprint density at radius 3 is 2.44 bits per heavy atom. The summed E-state index contributed by atoms with van der Waals surface area (Å²) in [6, 6.07) is 12.6. The molecule has 11 heteroatoms. The average molecular weight is 494 g/mol. The van der Waals surface area contributed by atoms with E-state index in [0.29, 0.717) is 28.8 Å². The van der Waals surface area contributed by atoms with E-state index in [2.05, 4.69) is 25.9 Å². The van der Waals surface area contributed by atoms with Crippen LogP contribution < -0.4 is 16.0 Å². The zero-order valence-electron chi connectivity index (χ0n) is 19.2. The fourth-order valence-electron chi connectivity index (χ4n) is 3.41. The predicted molar refractivity (Wildman–Crippen MR) is 130 cm³/mol. The quantitative estimate of drug-likeness (QED) is 0.326. The highest BCUT2D eigenvalue weighted by molar-refractivity contribution is 6.04. The van der Waals surface area contributed by atoms with Gasteiger partial charge in [-0.05, 0) is 48.9 Å². The number of nitrogens with zero attached hydrogens (tertiary/aromatic N) is 3. The van der Waals surface area contributed by atoms with E-state index in [-0.39, 0.29) is 11.5 Å². The molecular formula is C25H21F3N6O2. The number of carbonyl (C=O) groups is 2. The van der Waals surface area contributed by atoms with E-state index >= 15 is 0 Å². The summed E-state index contributed by atoms with van der Waals surface area (Å²) in [4.78, 5) is 32.6. The largest absolute Gasteiger partial charge is 0.416 e. The molecule has 3 N–H and O–H groups in total. The van der Waals surface area contributed by atoms with Crippen molar-refractivity contribution >= 4 is 34.8 Å². The Bertz CT molecular complexity index is 1430. The Labute approximate surface area is 204 Å². The molecule has 0 unspecified atom stereocenters. The zero-order chi connectivity index (χ0) is 25.9. The number of pyridine rings is 1. The molecule has 0 radical (unpaired) electrons. The smallest absolute Gasteiger partial charge is 0.326 e. The van der Waals surface area contributed by atoms with Crippen LogP contribution >= 0.6 is 0 Å². The standard InChI is InChI=1S/C25H21F3N6O2/c1-15-6-7-19(32-23(36)17-4-3-5-18(12-17)25(26,27)28)13-21(15)33-24-30-10-11-34(24)22-14-20(8-9-29-22)31-16(2)35/h3-14H,1-2H3,(H,30,33)(H,32,36)(H,29,31,35). The lowest BCUT2D eigenvalue weighted by molar-refractivity contribution is -0.137. The molecule has 36 heavy (non-hydrogen) atoms. The van der Waals surface area contributed by atoms with Gasteiger partial charge in [0.05, 0.1) is 5.56 Å². The number of benzene rings is 2. The van der Waals surface area contributed by atoms with E-state index in [1.54, 1.807) is 53.5 Å². The van der Waals surface area contributed by atoms with Gasteiger partial charge in [-0.2, -0.15) is 13.2 Å². The van der Waals surface area contributed by atoms with E-state index in [1.807, 2.05) is 6.92 Å². The zero-order valence-corrected chi connectivity index (χ0v) is 19.2. The summed E-state index contributed by atoms with van der Waals surface area (Å²) in [7, 11) is 0. The molecule has 4 rings (SSSR count). The number of halogens is 3. The summed E-state index contributed by atoms with van der Waals surface area (Å²) in [5.74, 6) is 0.0481. The van der Waals surface area contributed by atoms with Gasteiger partial charge in [0.1, 0.15) is 5.82 Å². The van der Waals surface area contributed by atoms with Crippen molar-refractivity contribution in [3.8, 4) is 5.82 Å². The van der Waals surface area contributed by atoms with E-state index in [9.17, 15) is 22.8 Å². The van der Waals surface area contributed by atoms with Gasteiger partial charge in [0.25, 0.3) is 5.91 Å². The highest BCUT2D eigenvalue weighted by Gasteiger charge is 2.30. The van der Waals surface area contributed by atoms with Gasteiger partial charge in [-0.15, -0.1) is 0 Å². The molecule has 2 aromatic heterocycles. The molecule has 2 heterocycles. The third-order valence-electron chi connectivity index (χ3n) is 5.15. The molecule has 4 aromatic rings. The Morgan fingerprint density at radius 2 is 1.69 bits per heavy atom. The summed E-state index contributed by atoms with van der Waals surface area (Å²) < 4.78 is 40.7. The van der Waals surface area contributed by atoms with Gasteiger partial charge < -0.3 is 16.0 Å². The average Bonchev–Trinajstić information content (AvgIpc) is 3.29. The maximum atomic E-state index is 13.0. The SMILES string of the molecule is CC(=O)Nc1ccnc(-n2ccnc2Nc2cc(NC(=O)c3cccc(C(F)(F)F)c3)ccc2C)c1. The summed E-state index contributed by atoms with van der Waals surface area (Å²) in [5.41, 5.74) is 1.39. The summed E-state index contributed by atoms with van der Waals surface area (Å²) >= 11 is 0. The second-order valence-corrected chi connectivity index (χ2v) is 7.89. The Morgan fingerprint density at radius 1 is 0.917 bits per heavy atom. The number of nitrogens with one attached hydrogen (secondary N) is 3. The van der Waals surface area contributed by atoms with Gasteiger partial charge in [-0.3, -0.25) is 14.2 Å². The maximum absolute atomic E-state index is 13.0. The van der Waals surface area contributed by atoms with Crippen LogP contribution in [0.3, 0.4) is 0 Å². The monoisotopic (exact) mass is 494 g/mol. The van der Waals surface area contributed by atoms with E-state index in [4.69, 9.17) is 0 Å². The normalized spacial score (nSPS) is 11.1. The van der Waals surface area contributed by atoms with Crippen LogP contribution in [0.25, 0.3) is 5.82 Å². The van der Waals surface area contributed by atoms with Crippen LogP contribution in [0.2, 0.25) is 0 Å². The first-order valence-electron chi connectivity index (χ1n) is 10.7. The Balaban J connectivity index is 1.56. The molecule has 2 aromatic carbocycles. The first-order chi connectivity index (χ1) is 17.1. The second-order valence-electron chi connectivity index (χ2n) is 7.89. The minimum absolute atomic E-state index is 0.111. The molecule has 0 aliphatic carbocycles. The highest BCUT2D eigenvalue weighted by atomic mass is 19.4. The molecular weight excluding hydrogens is 473 g/mol. The van der Waals surface area contributed by atoms with Crippen molar-refractivity contribution in [3.05, 3.63) is 89.9 Å². The molecule has 0 aliphatic rings. The van der Waals surface area contributed by atoms with Gasteiger partial charge in [0, 0.05) is 54.2 Å². The van der Waals surface area contributed by atoms with Crippen molar-refractivity contribution in [2.45, 2.75) is 20.0 Å². The lowest BCUT2D eigenvalue weighted by Gasteiger charge is -2.14. The molecule has 2 amide bonds. The third kappa shape index (κ3) is 5.69. The van der Waals surface area contributed by atoms with Crippen molar-refractivity contribution in [1.82, 2.24) is 14.5 Å². The molecule has 0 saturated carbocycles. The van der Waals surface area contributed by atoms with Gasteiger partial charge in [-0.25, -0.2) is 9.97 Å². The lowest BCUT2D eigenvalue weighted by Crippen LogP contribution is -2.14. The molecule has 184 valence electrons. The fraction of sp³-hybridized carbons (Fsp3) is 0.120. The third-order valence-corrected chi connectivity index (χ3v) is 5.15. The number of hydrogen-bond acceptors (Lipinski definition) is 5. The molecule has 0 bridgehead atoms. The lowest BCUT2D eigenvalue weighted by atomic mass is 10.1. The number of aryl methyl sites for hydroxylation is 1. The van der Waals surface area contributed by atoms with Gasteiger partial charge in [0.15, 0.2) is 0 Å². The number of rotatable bonds is 6. The van der Waals surface area contributed by atoms with E-state index in [1.165, 1.54) is 19.1 Å². The summed E-state index contributed by atoms with van der Waals surface area (Å²) in [5, 5.41) is 8.52. The molecule has 0 atom stereocenters. The molecule has 0 saturated heterocycles. The number of imidazole rings is 1. The van der Waals surface area contributed by atoms with Crippen LogP contribution in [0.4, 0.5) is 36.2 Å². The second kappa shape index (κ2) is 9.90. The van der Waals surface area contributed by atoms with Crippen molar-refractivity contribution in [2.24, 2.45) is 0 Å². The van der Waals surface area contributed by atoms with Gasteiger partial charge in [-0.1, -0.05) is 12.1 Å². The highest BCUT2D eigenvalue weighted by Crippen LogP contribution is 2.30. The number of anilines is 4. The number of aromatic nitrogens is 3. The number of amides is 2. The number of alkyl halides is 3. The number of hydrogen-bond donors (Lipinski definition) is 3. The molecule has 0 aliphatic heterocycles. The molecule has 0 spiro atoms. The first-order valence-corrected chi connectivity index (χ1v) is 10.7. The fourth-order valence-corrected chi connectivity index (χ4v) is 3.41. The number of carbonyl (C=O) groups excluding carboxylic acids is 2. The van der Waals surface area contributed by atoms with Crippen LogP contribution in [0.1, 0.15) is 28.4 Å². The predicted octanol–water partition coefficient (Wildman–Crippen LogP) is 5.55. The topological polar surface area (TPSA) is 101 Å². The van der Waals surface area contributed by atoms with Crippen molar-refractivity contribution in [1.29, 1.82) is 0 Å². The van der Waals surface area contributed by atoms with Crippen LogP contribution in [-0.4, -0.2) is 26.3 Å². The van der Waals surface area contributed by atoms with Crippen LogP contribution in [0.15, 0.2) is 73.2 Å². The van der Waals surface area contributed by atoms with Crippen molar-refractivity contribution in [2.75, 3.05) is 16.0 Å². The molecule has 8 nitrogen and oxygen atoms in total. The van der Waals surface area contributed by atoms with Crippen molar-refractivity contribution in [3.63, 3.8) is 0 Å². The van der Waals surface area contributed by atoms with Crippen molar-refractivity contribution < 1.29 is 22.8 Å². The van der Waals surface area contributed by atoms with Crippen LogP contribution in [-0.2, 0) is 11.0 Å². The summed E-state index contributed by atoms with van der Waals surface area (Å²) in [6.07, 6.45) is 0.274. The van der Waals surface area contributed by atoms with E-state index in [0.717, 1.165) is 17.7 Å². The van der Waals surface area contributed by atoms with Crippen LogP contribution in [0.5, 0.6) is 0 Å². The maximum Gasteiger partial charge on any atom is 0.416 e. The van der Waals surface area contributed by atoms with Crippen LogP contribution in [0, 0.1) is 6.92 Å². The first kappa shape index (κ1) is 24.5. The van der Waals surface area contributed by atoms with E-state index < -0.39 is 17.6 Å².